The largest absolute Gasteiger partial charge is 0.486 e. The van der Waals surface area contributed by atoms with Crippen LogP contribution in [0.5, 0.6) is 5.75 Å². The van der Waals surface area contributed by atoms with Crippen LogP contribution in [0, 0.1) is 24.4 Å². The van der Waals surface area contributed by atoms with Crippen molar-refractivity contribution in [2.45, 2.75) is 51.2 Å². The van der Waals surface area contributed by atoms with Crippen molar-refractivity contribution in [3.05, 3.63) is 77.1 Å². The van der Waals surface area contributed by atoms with Crippen LogP contribution in [0.2, 0.25) is 0 Å². The summed E-state index contributed by atoms with van der Waals surface area (Å²) in [5.41, 5.74) is 1.79. The fourth-order valence-corrected chi connectivity index (χ4v) is 3.64. The molecule has 5 heteroatoms. The Morgan fingerprint density at radius 2 is 1.79 bits per heavy atom. The van der Waals surface area contributed by atoms with Crippen LogP contribution in [0.1, 0.15) is 48.3 Å². The molecule has 0 aliphatic heterocycles. The highest BCUT2D eigenvalue weighted by Crippen LogP contribution is 2.37. The van der Waals surface area contributed by atoms with E-state index in [9.17, 15) is 13.2 Å². The van der Waals surface area contributed by atoms with Gasteiger partial charge in [-0.05, 0) is 61.8 Å². The first kappa shape index (κ1) is 20.5. The standard InChI is InChI=1S/C23H25F3O2/c1-3-12-27-21-11-10-19(22(25)23(21)26)16-6-8-18(9-7-16)28-14-17-5-4-15(2)13-20(17)24/h3-5,10-11,13,16,18H,1,6-9,12,14H2,2H3. The van der Waals surface area contributed by atoms with E-state index in [-0.39, 0.29) is 36.8 Å². The molecule has 1 aliphatic carbocycles. The zero-order chi connectivity index (χ0) is 20.1. The smallest absolute Gasteiger partial charge is 0.200 e. The van der Waals surface area contributed by atoms with E-state index in [0.717, 1.165) is 18.4 Å². The number of halogens is 3. The monoisotopic (exact) mass is 390 g/mol. The van der Waals surface area contributed by atoms with Gasteiger partial charge in [0.1, 0.15) is 12.4 Å². The molecule has 0 heterocycles. The summed E-state index contributed by atoms with van der Waals surface area (Å²) >= 11 is 0. The summed E-state index contributed by atoms with van der Waals surface area (Å²) in [6.45, 7) is 5.68. The molecule has 2 nitrogen and oxygen atoms in total. The van der Waals surface area contributed by atoms with Crippen molar-refractivity contribution in [3.63, 3.8) is 0 Å². The second-order valence-corrected chi connectivity index (χ2v) is 7.26. The number of benzene rings is 2. The van der Waals surface area contributed by atoms with Crippen molar-refractivity contribution in [2.24, 2.45) is 0 Å². The van der Waals surface area contributed by atoms with Crippen LogP contribution in [0.15, 0.2) is 43.0 Å². The molecule has 0 atom stereocenters. The fourth-order valence-electron chi connectivity index (χ4n) is 3.64. The van der Waals surface area contributed by atoms with Crippen LogP contribution < -0.4 is 4.74 Å². The van der Waals surface area contributed by atoms with Crippen molar-refractivity contribution in [1.82, 2.24) is 0 Å². The van der Waals surface area contributed by atoms with Crippen molar-refractivity contribution in [3.8, 4) is 5.75 Å². The predicted octanol–water partition coefficient (Wildman–Crippen LogP) is 6.22. The lowest BCUT2D eigenvalue weighted by Crippen LogP contribution is -2.21. The minimum absolute atomic E-state index is 0.0000548. The second-order valence-electron chi connectivity index (χ2n) is 7.26. The molecule has 0 N–H and O–H groups in total. The lowest BCUT2D eigenvalue weighted by atomic mass is 9.82. The molecule has 0 aromatic heterocycles. The van der Waals surface area contributed by atoms with Gasteiger partial charge >= 0.3 is 0 Å². The normalized spacial score (nSPS) is 19.4. The molecule has 3 rings (SSSR count). The number of rotatable bonds is 7. The predicted molar refractivity (Wildman–Crippen MR) is 103 cm³/mol. The third-order valence-electron chi connectivity index (χ3n) is 5.23. The average Bonchev–Trinajstić information content (AvgIpc) is 2.69. The lowest BCUT2D eigenvalue weighted by molar-refractivity contribution is 0.0118. The van der Waals surface area contributed by atoms with Crippen LogP contribution in [-0.4, -0.2) is 12.7 Å². The Kier molecular flexibility index (Phi) is 6.79. The lowest BCUT2D eigenvalue weighted by Gasteiger charge is -2.29. The quantitative estimate of drug-likeness (QED) is 0.523. The molecule has 1 saturated carbocycles. The van der Waals surface area contributed by atoms with E-state index >= 15 is 0 Å². The first-order chi connectivity index (χ1) is 13.5. The Balaban J connectivity index is 1.56. The van der Waals surface area contributed by atoms with E-state index in [1.54, 1.807) is 12.1 Å². The highest BCUT2D eigenvalue weighted by molar-refractivity contribution is 5.33. The molecule has 0 unspecified atom stereocenters. The number of ether oxygens (including phenoxy) is 2. The maximum atomic E-state index is 14.5. The first-order valence-electron chi connectivity index (χ1n) is 9.57. The van der Waals surface area contributed by atoms with Gasteiger partial charge in [0, 0.05) is 5.56 Å². The van der Waals surface area contributed by atoms with Gasteiger partial charge in [-0.2, -0.15) is 4.39 Å². The average molecular weight is 390 g/mol. The number of hydrogen-bond acceptors (Lipinski definition) is 2. The van der Waals surface area contributed by atoms with E-state index in [2.05, 4.69) is 6.58 Å². The summed E-state index contributed by atoms with van der Waals surface area (Å²) < 4.78 is 53.6. The fraction of sp³-hybridized carbons (Fsp3) is 0.391. The summed E-state index contributed by atoms with van der Waals surface area (Å²) in [6.07, 6.45) is 4.34. The van der Waals surface area contributed by atoms with Crippen LogP contribution in [0.3, 0.4) is 0 Å². The third kappa shape index (κ3) is 4.76. The van der Waals surface area contributed by atoms with E-state index < -0.39 is 11.6 Å². The van der Waals surface area contributed by atoms with Gasteiger partial charge < -0.3 is 9.47 Å². The molecular formula is C23H25F3O2. The van der Waals surface area contributed by atoms with E-state index in [4.69, 9.17) is 9.47 Å². The Labute approximate surface area is 164 Å². The zero-order valence-electron chi connectivity index (χ0n) is 16.0. The highest BCUT2D eigenvalue weighted by atomic mass is 19.2. The molecule has 1 aliphatic rings. The van der Waals surface area contributed by atoms with Gasteiger partial charge in [-0.25, -0.2) is 8.78 Å². The number of hydrogen-bond donors (Lipinski definition) is 0. The van der Waals surface area contributed by atoms with Gasteiger partial charge in [-0.1, -0.05) is 30.9 Å². The van der Waals surface area contributed by atoms with E-state index in [1.807, 2.05) is 13.0 Å². The summed E-state index contributed by atoms with van der Waals surface area (Å²) in [7, 11) is 0. The van der Waals surface area contributed by atoms with Crippen molar-refractivity contribution >= 4 is 0 Å². The molecular weight excluding hydrogens is 365 g/mol. The minimum Gasteiger partial charge on any atom is -0.486 e. The van der Waals surface area contributed by atoms with Gasteiger partial charge in [-0.15, -0.1) is 0 Å². The molecule has 28 heavy (non-hydrogen) atoms. The third-order valence-corrected chi connectivity index (χ3v) is 5.23. The molecule has 1 fully saturated rings. The molecule has 0 amide bonds. The molecule has 0 saturated heterocycles. The summed E-state index contributed by atoms with van der Waals surface area (Å²) in [5.74, 6) is -2.21. The summed E-state index contributed by atoms with van der Waals surface area (Å²) in [5, 5.41) is 0. The van der Waals surface area contributed by atoms with Crippen LogP contribution in [0.25, 0.3) is 0 Å². The van der Waals surface area contributed by atoms with Gasteiger partial charge in [0.05, 0.1) is 12.7 Å². The van der Waals surface area contributed by atoms with Gasteiger partial charge in [-0.3, -0.25) is 0 Å². The molecule has 2 aromatic carbocycles. The Hall–Kier alpha value is -2.27. The Bertz CT molecular complexity index is 827. The van der Waals surface area contributed by atoms with Crippen molar-refractivity contribution in [2.75, 3.05) is 6.61 Å². The topological polar surface area (TPSA) is 18.5 Å². The minimum atomic E-state index is -0.951. The van der Waals surface area contributed by atoms with E-state index in [1.165, 1.54) is 18.2 Å². The van der Waals surface area contributed by atoms with Gasteiger partial charge in [0.15, 0.2) is 11.6 Å². The second kappa shape index (κ2) is 9.28. The summed E-state index contributed by atoms with van der Waals surface area (Å²) in [6, 6.07) is 8.17. The zero-order valence-corrected chi connectivity index (χ0v) is 16.0. The maximum absolute atomic E-state index is 14.5. The Morgan fingerprint density at radius 3 is 2.46 bits per heavy atom. The van der Waals surface area contributed by atoms with Gasteiger partial charge in [0.2, 0.25) is 5.82 Å². The van der Waals surface area contributed by atoms with Crippen molar-refractivity contribution in [1.29, 1.82) is 0 Å². The van der Waals surface area contributed by atoms with Crippen LogP contribution in [0.4, 0.5) is 13.2 Å². The maximum Gasteiger partial charge on any atom is 0.200 e. The van der Waals surface area contributed by atoms with E-state index in [0.29, 0.717) is 24.0 Å². The highest BCUT2D eigenvalue weighted by Gasteiger charge is 2.27. The summed E-state index contributed by atoms with van der Waals surface area (Å²) in [4.78, 5) is 0. The molecule has 0 bridgehead atoms. The Morgan fingerprint density at radius 1 is 1.04 bits per heavy atom. The number of aryl methyl sites for hydroxylation is 1. The van der Waals surface area contributed by atoms with Crippen LogP contribution >= 0.6 is 0 Å². The van der Waals surface area contributed by atoms with Crippen molar-refractivity contribution < 1.29 is 22.6 Å². The van der Waals surface area contributed by atoms with Gasteiger partial charge in [0.25, 0.3) is 0 Å². The molecule has 0 radical (unpaired) electrons. The van der Waals surface area contributed by atoms with Crippen LogP contribution in [-0.2, 0) is 11.3 Å². The first-order valence-corrected chi connectivity index (χ1v) is 9.57. The molecule has 0 spiro atoms. The molecule has 2 aromatic rings. The SMILES string of the molecule is C=CCOc1ccc(C2CCC(OCc3ccc(C)cc3F)CC2)c(F)c1F. The molecule has 150 valence electrons.